The summed E-state index contributed by atoms with van der Waals surface area (Å²) in [5.74, 6) is 1.36. The number of ether oxygens (including phenoxy) is 1. The van der Waals surface area contributed by atoms with Crippen molar-refractivity contribution in [1.29, 1.82) is 0 Å². The van der Waals surface area contributed by atoms with Crippen molar-refractivity contribution in [1.82, 2.24) is 5.16 Å². The predicted octanol–water partition coefficient (Wildman–Crippen LogP) is 2.49. The van der Waals surface area contributed by atoms with Gasteiger partial charge in [-0.1, -0.05) is 5.16 Å². The molecule has 108 valence electrons. The average Bonchev–Trinajstić information content (AvgIpc) is 2.76. The van der Waals surface area contributed by atoms with E-state index >= 15 is 0 Å². The molecular weight excluding hydrogens is 280 g/mol. The van der Waals surface area contributed by atoms with Gasteiger partial charge in [0.15, 0.2) is 5.82 Å². The first-order chi connectivity index (χ1) is 9.42. The number of benzene rings is 1. The van der Waals surface area contributed by atoms with Crippen molar-refractivity contribution < 1.29 is 17.7 Å². The van der Waals surface area contributed by atoms with Crippen molar-refractivity contribution in [2.75, 3.05) is 11.3 Å². The minimum absolute atomic E-state index is 0.152. The molecule has 0 bridgehead atoms. The molecule has 1 heterocycles. The maximum atomic E-state index is 12.2. The van der Waals surface area contributed by atoms with Crippen LogP contribution in [0.4, 0.5) is 5.82 Å². The minimum Gasteiger partial charge on any atom is -0.494 e. The van der Waals surface area contributed by atoms with Crippen LogP contribution in [-0.4, -0.2) is 20.2 Å². The van der Waals surface area contributed by atoms with Crippen LogP contribution in [0.2, 0.25) is 0 Å². The topological polar surface area (TPSA) is 81.4 Å². The van der Waals surface area contributed by atoms with Gasteiger partial charge in [0, 0.05) is 6.07 Å². The number of aryl methyl sites for hydroxylation is 2. The van der Waals surface area contributed by atoms with Gasteiger partial charge < -0.3 is 9.26 Å². The quantitative estimate of drug-likeness (QED) is 0.916. The third-order valence-corrected chi connectivity index (χ3v) is 3.98. The number of nitrogens with one attached hydrogen (secondary N) is 1. The summed E-state index contributed by atoms with van der Waals surface area (Å²) >= 11 is 0. The van der Waals surface area contributed by atoms with Crippen LogP contribution in [0.5, 0.6) is 5.75 Å². The van der Waals surface area contributed by atoms with Gasteiger partial charge in [0.1, 0.15) is 11.5 Å². The Hall–Kier alpha value is -2.02. The fraction of sp³-hybridized carbons (Fsp3) is 0.308. The number of anilines is 1. The molecule has 0 radical (unpaired) electrons. The van der Waals surface area contributed by atoms with Crippen molar-refractivity contribution in [2.45, 2.75) is 25.7 Å². The average molecular weight is 296 g/mol. The Kier molecular flexibility index (Phi) is 3.99. The van der Waals surface area contributed by atoms with Crippen molar-refractivity contribution in [2.24, 2.45) is 0 Å². The summed E-state index contributed by atoms with van der Waals surface area (Å²) in [5, 5.41) is 3.61. The second-order valence-corrected chi connectivity index (χ2v) is 5.97. The molecular formula is C13H16N2O4S. The summed E-state index contributed by atoms with van der Waals surface area (Å²) < 4.78 is 37.0. The minimum atomic E-state index is -3.68. The van der Waals surface area contributed by atoms with Crippen molar-refractivity contribution >= 4 is 15.8 Å². The van der Waals surface area contributed by atoms with E-state index in [9.17, 15) is 8.42 Å². The highest BCUT2D eigenvalue weighted by Crippen LogP contribution is 2.23. The van der Waals surface area contributed by atoms with Gasteiger partial charge in [-0.15, -0.1) is 0 Å². The fourth-order valence-corrected chi connectivity index (χ4v) is 2.79. The van der Waals surface area contributed by atoms with Crippen LogP contribution < -0.4 is 9.46 Å². The Bertz CT molecular complexity index is 707. The van der Waals surface area contributed by atoms with E-state index in [0.717, 1.165) is 5.56 Å². The molecule has 2 rings (SSSR count). The molecule has 7 heteroatoms. The molecule has 0 saturated heterocycles. The smallest absolute Gasteiger partial charge is 0.263 e. The van der Waals surface area contributed by atoms with Crippen molar-refractivity contribution in [3.8, 4) is 5.75 Å². The number of nitrogens with zero attached hydrogens (tertiary/aromatic N) is 1. The molecule has 0 aliphatic carbocycles. The van der Waals surface area contributed by atoms with Crippen LogP contribution in [0.25, 0.3) is 0 Å². The Morgan fingerprint density at radius 3 is 2.60 bits per heavy atom. The van der Waals surface area contributed by atoms with Gasteiger partial charge in [0.05, 0.1) is 11.5 Å². The van der Waals surface area contributed by atoms with Crippen LogP contribution in [-0.2, 0) is 10.0 Å². The van der Waals surface area contributed by atoms with E-state index in [1.165, 1.54) is 12.1 Å². The molecule has 0 fully saturated rings. The first-order valence-corrected chi connectivity index (χ1v) is 7.60. The van der Waals surface area contributed by atoms with Gasteiger partial charge in [0.25, 0.3) is 10.0 Å². The lowest BCUT2D eigenvalue weighted by Gasteiger charge is -2.09. The summed E-state index contributed by atoms with van der Waals surface area (Å²) in [6.07, 6.45) is 0. The summed E-state index contributed by atoms with van der Waals surface area (Å²) in [6.45, 7) is 5.89. The zero-order chi connectivity index (χ0) is 14.8. The molecule has 0 spiro atoms. The van der Waals surface area contributed by atoms with Crippen molar-refractivity contribution in [3.63, 3.8) is 0 Å². The Labute approximate surface area is 117 Å². The van der Waals surface area contributed by atoms with E-state index in [0.29, 0.717) is 18.1 Å². The van der Waals surface area contributed by atoms with Crippen LogP contribution >= 0.6 is 0 Å². The van der Waals surface area contributed by atoms with E-state index in [2.05, 4.69) is 9.88 Å². The molecule has 0 amide bonds. The highest BCUT2D eigenvalue weighted by Gasteiger charge is 2.17. The number of rotatable bonds is 5. The Morgan fingerprint density at radius 2 is 2.05 bits per heavy atom. The van der Waals surface area contributed by atoms with E-state index < -0.39 is 10.0 Å². The normalized spacial score (nSPS) is 11.3. The van der Waals surface area contributed by atoms with E-state index in [1.807, 2.05) is 6.92 Å². The van der Waals surface area contributed by atoms with Crippen LogP contribution in [0.3, 0.4) is 0 Å². The molecule has 0 atom stereocenters. The summed E-state index contributed by atoms with van der Waals surface area (Å²) in [5.41, 5.74) is 0.756. The molecule has 1 aromatic carbocycles. The second kappa shape index (κ2) is 5.54. The van der Waals surface area contributed by atoms with Gasteiger partial charge in [-0.2, -0.15) is 0 Å². The zero-order valence-electron chi connectivity index (χ0n) is 11.5. The molecule has 1 aromatic heterocycles. The number of sulfonamides is 1. The monoisotopic (exact) mass is 296 g/mol. The molecule has 0 saturated carbocycles. The standard InChI is InChI=1S/C13H16N2O4S/c1-4-18-12-6-5-11(7-9(12)2)20(16,17)15-13-8-10(3)19-14-13/h5-8H,4H2,1-3H3,(H,14,15). The van der Waals surface area contributed by atoms with Crippen molar-refractivity contribution in [3.05, 3.63) is 35.6 Å². The lowest BCUT2D eigenvalue weighted by molar-refractivity contribution is 0.337. The van der Waals surface area contributed by atoms with Crippen LogP contribution in [0.1, 0.15) is 18.2 Å². The molecule has 1 N–H and O–H groups in total. The van der Waals surface area contributed by atoms with E-state index in [1.54, 1.807) is 26.0 Å². The first kappa shape index (κ1) is 14.4. The number of aromatic nitrogens is 1. The molecule has 0 unspecified atom stereocenters. The first-order valence-electron chi connectivity index (χ1n) is 6.12. The highest BCUT2D eigenvalue weighted by atomic mass is 32.2. The van der Waals surface area contributed by atoms with Gasteiger partial charge in [0.2, 0.25) is 0 Å². The SMILES string of the molecule is CCOc1ccc(S(=O)(=O)Nc2cc(C)on2)cc1C. The lowest BCUT2D eigenvalue weighted by Crippen LogP contribution is -2.13. The maximum Gasteiger partial charge on any atom is 0.263 e. The molecule has 0 aliphatic heterocycles. The van der Waals surface area contributed by atoms with Crippen LogP contribution in [0.15, 0.2) is 33.7 Å². The third kappa shape index (κ3) is 3.11. The van der Waals surface area contributed by atoms with Crippen LogP contribution in [0, 0.1) is 13.8 Å². The predicted molar refractivity (Wildman–Crippen MR) is 74.4 cm³/mol. The van der Waals surface area contributed by atoms with E-state index in [4.69, 9.17) is 9.26 Å². The summed E-state index contributed by atoms with van der Waals surface area (Å²) in [6, 6.07) is 6.20. The molecule has 20 heavy (non-hydrogen) atoms. The number of hydrogen-bond donors (Lipinski definition) is 1. The molecule has 2 aromatic rings. The third-order valence-electron chi connectivity index (χ3n) is 2.62. The summed E-state index contributed by atoms with van der Waals surface area (Å²) in [4.78, 5) is 0.152. The molecule has 0 aliphatic rings. The lowest BCUT2D eigenvalue weighted by atomic mass is 10.2. The Balaban J connectivity index is 2.27. The van der Waals surface area contributed by atoms with Gasteiger partial charge >= 0.3 is 0 Å². The zero-order valence-corrected chi connectivity index (χ0v) is 12.3. The number of hydrogen-bond acceptors (Lipinski definition) is 5. The second-order valence-electron chi connectivity index (χ2n) is 4.29. The highest BCUT2D eigenvalue weighted by molar-refractivity contribution is 7.92. The van der Waals surface area contributed by atoms with Gasteiger partial charge in [-0.25, -0.2) is 8.42 Å². The molecule has 6 nitrogen and oxygen atoms in total. The fourth-order valence-electron chi connectivity index (χ4n) is 1.72. The van der Waals surface area contributed by atoms with E-state index in [-0.39, 0.29) is 10.7 Å². The maximum absolute atomic E-state index is 12.2. The Morgan fingerprint density at radius 1 is 1.30 bits per heavy atom. The van der Waals surface area contributed by atoms with Gasteiger partial charge in [-0.05, 0) is 44.5 Å². The summed E-state index contributed by atoms with van der Waals surface area (Å²) in [7, 11) is -3.68. The largest absolute Gasteiger partial charge is 0.494 e. The van der Waals surface area contributed by atoms with Gasteiger partial charge in [-0.3, -0.25) is 4.72 Å².